The first-order valence-corrected chi connectivity index (χ1v) is 51.2. The van der Waals surface area contributed by atoms with E-state index in [9.17, 15) is 45.3 Å². The number of rotatable bonds is 13. The van der Waals surface area contributed by atoms with E-state index in [-0.39, 0.29) is 221 Å². The number of ketones is 2. The molecule has 13 fully saturated rings. The van der Waals surface area contributed by atoms with Gasteiger partial charge in [-0.1, -0.05) is 87.4 Å². The number of piperidine rings is 5. The number of hydrogen-bond donors (Lipinski definition) is 7. The van der Waals surface area contributed by atoms with Crippen molar-refractivity contribution in [3.63, 3.8) is 0 Å². The van der Waals surface area contributed by atoms with Gasteiger partial charge in [0, 0.05) is 201 Å². The van der Waals surface area contributed by atoms with E-state index in [1.54, 1.807) is 66.6 Å². The molecule has 24 nitrogen and oxygen atoms in total. The molecule has 139 heavy (non-hydrogen) atoms. The number of ether oxygens (including phenoxy) is 10. The van der Waals surface area contributed by atoms with Gasteiger partial charge >= 0.3 is 0 Å². The molecule has 18 bridgehead atoms. The van der Waals surface area contributed by atoms with Crippen LogP contribution in [0.2, 0.25) is 0 Å². The summed E-state index contributed by atoms with van der Waals surface area (Å²) in [5.41, 5.74) is 8.74. The molecule has 33 rings (SSSR count). The van der Waals surface area contributed by atoms with Crippen LogP contribution in [-0.2, 0) is 111 Å². The summed E-state index contributed by atoms with van der Waals surface area (Å²) < 4.78 is 63.6. The second kappa shape index (κ2) is 32.0. The fraction of sp³-hybridized carbons (Fsp3) is 0.637. The number of benzene rings is 5. The maximum atomic E-state index is 12.8. The number of likely N-dealkylation sites (tertiary alicyclic amines) is 5. The van der Waals surface area contributed by atoms with Gasteiger partial charge in [-0.3, -0.25) is 14.5 Å². The smallest absolute Gasteiger partial charge is 0.169 e. The van der Waals surface area contributed by atoms with Gasteiger partial charge < -0.3 is 110 Å². The molecule has 5 aromatic rings. The average Bonchev–Trinajstić information content (AvgIpc) is 1.52. The monoisotopic (exact) mass is 1960 g/mol. The quantitative estimate of drug-likeness (QED) is 0.0328. The van der Waals surface area contributed by atoms with E-state index in [0.717, 1.165) is 180 Å². The van der Waals surface area contributed by atoms with Crippen molar-refractivity contribution in [2.45, 2.75) is 304 Å². The van der Waals surface area contributed by atoms with Crippen molar-refractivity contribution >= 4 is 63.0 Å². The Hall–Kier alpha value is -6.02. The molecule has 28 aliphatic rings. The number of phenols is 5. The van der Waals surface area contributed by atoms with Crippen molar-refractivity contribution in [1.82, 2.24) is 24.5 Å². The van der Waals surface area contributed by atoms with Crippen LogP contribution in [0.25, 0.3) is 0 Å². The van der Waals surface area contributed by atoms with Gasteiger partial charge in [-0.15, -0.1) is 0 Å². The summed E-state index contributed by atoms with van der Waals surface area (Å²) in [5.74, 6) is 5.30. The topological polar surface area (TPSA) is 284 Å². The predicted molar refractivity (Wildman–Crippen MR) is 520 cm³/mol. The number of methoxy groups -OCH3 is 5. The van der Waals surface area contributed by atoms with Gasteiger partial charge in [-0.2, -0.15) is 0 Å². The number of likely N-dealkylation sites (N-methyl/N-ethyl adjacent to an activating group) is 5. The number of allylic oxidation sites excluding steroid dienone is 2. The summed E-state index contributed by atoms with van der Waals surface area (Å²) in [6, 6.07) is 21.3. The molecule has 5 saturated heterocycles. The Morgan fingerprint density at radius 1 is 0.417 bits per heavy atom. The minimum absolute atomic E-state index is 0. The van der Waals surface area contributed by atoms with Crippen LogP contribution in [0.5, 0.6) is 57.5 Å². The summed E-state index contributed by atoms with van der Waals surface area (Å²) >= 11 is 0. The molecule has 18 aliphatic carbocycles. The Balaban J connectivity index is 0.0000000999. The number of phenolic OH excluding ortho intramolecular Hbond substituents is 5. The third-order valence-corrected chi connectivity index (χ3v) is 43.3. The SMILES string of the molecule is CCC[C@@](C)(O)C1C[C@@]23C=C[C@]1(OC)[C@@H]1Oc4c(O)ccc5c4[C@@]12CCN(C)[C@@H]3C5.CCC[C@@](C)(O)C1C[C@@]23CC[C@]1(OC)[C@@H]1Oc4c(O)ccc5c4[C@@]12CCN(C)[C@@H]3C5.COC1=CC=C2[C@H]3Cc4ccc(O)c5c4[C@@]2(CCN3C)[C@H]1O5.CO[C@]12C=C[C@@]3(CC1C(C)=O)[C@H]1Cc4ccc(O)c5c4[C@@]3(CCN1C)[C@H]2O5.CO[C@]12CC[C@@]3(CC1C(C)=O)[C@H]1Cc4ccc(O)c5c4[C@@]3(CCN1C)[C@H]2O5.[CH3-].[K].[V]. The van der Waals surface area contributed by atoms with E-state index in [2.05, 4.69) is 134 Å². The van der Waals surface area contributed by atoms with Crippen molar-refractivity contribution in [3.8, 4) is 57.5 Å². The predicted octanol–water partition coefficient (Wildman–Crippen LogP) is 13.4. The second-order valence-corrected chi connectivity index (χ2v) is 47.2. The number of nitrogens with zero attached hydrogens (tertiary/aromatic N) is 5. The minimum atomic E-state index is -0.850. The molecule has 7 N–H and O–H groups in total. The fourth-order valence-electron chi connectivity index (χ4n) is 38.1. The van der Waals surface area contributed by atoms with E-state index >= 15 is 0 Å². The fourth-order valence-corrected chi connectivity index (χ4v) is 38.1. The minimum Gasteiger partial charge on any atom is -0.504 e. The third kappa shape index (κ3) is 11.2. The molecule has 0 amide bonds. The van der Waals surface area contributed by atoms with Crippen molar-refractivity contribution in [3.05, 3.63) is 172 Å². The van der Waals surface area contributed by atoms with Crippen LogP contribution in [0.1, 0.15) is 206 Å². The first-order chi connectivity index (χ1) is 65.0. The summed E-state index contributed by atoms with van der Waals surface area (Å²) in [5, 5.41) is 76.5. The Bertz CT molecular complexity index is 6100. The van der Waals surface area contributed by atoms with Gasteiger partial charge in [0.2, 0.25) is 0 Å². The Kier molecular flexibility index (Phi) is 22.5. The van der Waals surface area contributed by atoms with Gasteiger partial charge in [0.1, 0.15) is 64.1 Å². The van der Waals surface area contributed by atoms with Crippen LogP contribution in [0.15, 0.2) is 108 Å². The Morgan fingerprint density at radius 2 is 0.806 bits per heavy atom. The van der Waals surface area contributed by atoms with Gasteiger partial charge in [-0.05, 0) is 294 Å². The Morgan fingerprint density at radius 3 is 1.27 bits per heavy atom. The Labute approximate surface area is 873 Å². The molecule has 5 aromatic carbocycles. The van der Waals surface area contributed by atoms with Crippen LogP contribution >= 0.6 is 0 Å². The number of fused-ring (bicyclic) bond motifs is 6. The molecule has 2 radical (unpaired) electrons. The zero-order chi connectivity index (χ0) is 94.8. The maximum absolute atomic E-state index is 12.8. The molecule has 0 aromatic heterocycles. The van der Waals surface area contributed by atoms with Crippen LogP contribution in [0.4, 0.5) is 0 Å². The van der Waals surface area contributed by atoms with E-state index in [1.165, 1.54) is 61.2 Å². The van der Waals surface area contributed by atoms with Crippen molar-refractivity contribution in [2.24, 2.45) is 45.3 Å². The van der Waals surface area contributed by atoms with Crippen LogP contribution in [0, 0.1) is 52.8 Å². The molecule has 740 valence electrons. The van der Waals surface area contributed by atoms with Crippen molar-refractivity contribution < 1.29 is 111 Å². The van der Waals surface area contributed by atoms with E-state index in [4.69, 9.17) is 47.4 Å². The van der Waals surface area contributed by atoms with Crippen LogP contribution < -0.4 is 23.7 Å². The second-order valence-electron chi connectivity index (χ2n) is 47.2. The number of hydrogen-bond acceptors (Lipinski definition) is 24. The first kappa shape index (κ1) is 97.7. The molecule has 26 heteroatoms. The number of carbonyl (C=O) groups excluding carboxylic acids is 2. The summed E-state index contributed by atoms with van der Waals surface area (Å²) in [4.78, 5) is 38.0. The number of Topliss-reactive ketones (excluding diaryl/α,β-unsaturated/α-hetero) is 2. The van der Waals surface area contributed by atoms with Crippen LogP contribution in [-0.4, -0.2) is 321 Å². The maximum Gasteiger partial charge on any atom is 0.169 e. The number of carbonyl (C=O) groups is 2. The standard InChI is InChI=1S/C25H35NO4.C25H33NO4.C22H27NO4.C22H25NO4.C18H19NO3.CH3.K.V/c2*1-5-8-22(2,28)17-14-23-9-10-25(17,29-4)21-24(23)11-12-26(3)18(23)13-15-6-7-16(27)20(30-21)19(15)24;2*1-12(24)14-11-20-6-7-22(14,26-3)19-21(20)8-9-23(2)16(20)10-13-4-5-15(25)18(27-19)17(13)21;1-19-8-7-18-11-4-6-14(21-2)17(18)22-16-13(20)5-3-10(15(16)18)9-12(11)19;;;/h6-7,17-18,21,27-28H,5,8-14H2,1-4H3;6-7,9-10,17-18,21,27-28H,5,8,11-14H2,1-4H3;4-5,14,16,19,25H,6-11H2,1-3H3;4-7,14,16,19,25H,8-11H2,1-3H3;3-6,12,17,20H,7-9H2,1-2H3;1H3;;/q;;;;;-1;;/t2*17?,18-,21-,22-,23-,24+,25-;2*14?,16-,19-,20-,21+,22-;12-,17+,18+;;;/m11111.../s1. The van der Waals surface area contributed by atoms with Crippen molar-refractivity contribution in [2.75, 3.05) is 104 Å². The van der Waals surface area contributed by atoms with Crippen molar-refractivity contribution in [1.29, 1.82) is 0 Å². The molecular formula is C113H142KN5O19V-. The number of aliphatic hydroxyl groups is 2. The molecule has 29 atom stereocenters. The molecule has 10 aliphatic heterocycles. The summed E-state index contributed by atoms with van der Waals surface area (Å²) in [6.45, 7) is 16.7. The number of aromatic hydroxyl groups is 5. The largest absolute Gasteiger partial charge is 0.504 e. The molecule has 9 spiro atoms. The first-order valence-electron chi connectivity index (χ1n) is 51.2. The van der Waals surface area contributed by atoms with Gasteiger partial charge in [0.15, 0.2) is 63.6 Å². The molecule has 4 unspecified atom stereocenters. The molecule has 8 saturated carbocycles. The average molecular weight is 1960 g/mol. The molecular weight excluding hydrogens is 1820 g/mol. The third-order valence-electron chi connectivity index (χ3n) is 43.3. The zero-order valence-electron chi connectivity index (χ0n) is 84.6. The molecule has 10 heterocycles. The van der Waals surface area contributed by atoms with Gasteiger partial charge in [-0.25, -0.2) is 0 Å². The van der Waals surface area contributed by atoms with Gasteiger partial charge in [0.25, 0.3) is 0 Å². The zero-order valence-corrected chi connectivity index (χ0v) is 89.1. The van der Waals surface area contributed by atoms with E-state index < -0.39 is 33.6 Å². The van der Waals surface area contributed by atoms with E-state index in [1.807, 2.05) is 33.1 Å². The van der Waals surface area contributed by atoms with Gasteiger partial charge in [0.05, 0.1) is 46.4 Å². The normalized spacial score (nSPS) is 42.6. The summed E-state index contributed by atoms with van der Waals surface area (Å²) in [7, 11) is 19.9. The summed E-state index contributed by atoms with van der Waals surface area (Å²) in [6.07, 6.45) is 33.0. The van der Waals surface area contributed by atoms with E-state index in [0.29, 0.717) is 59.0 Å². The van der Waals surface area contributed by atoms with Crippen LogP contribution in [0.3, 0.4) is 0 Å².